The first-order valence-corrected chi connectivity index (χ1v) is 11.3. The molecule has 1 aliphatic rings. The van der Waals surface area contributed by atoms with E-state index in [9.17, 15) is 14.4 Å². The number of likely N-dealkylation sites (N-methyl/N-ethyl adjacent to an activating group) is 1. The number of carbonyl (C=O) groups is 3. The number of ether oxygens (including phenoxy) is 2. The molecule has 1 unspecified atom stereocenters. The largest absolute Gasteiger partial charge is 0.487 e. The van der Waals surface area contributed by atoms with Crippen LogP contribution in [-0.2, 0) is 16.1 Å². The molecule has 3 heterocycles. The number of terminal acetylenes is 1. The highest BCUT2D eigenvalue weighted by atomic mass is 16.5. The zero-order chi connectivity index (χ0) is 26.2. The Morgan fingerprint density at radius 2 is 2.17 bits per heavy atom. The molecule has 0 saturated carbocycles. The van der Waals surface area contributed by atoms with Gasteiger partial charge in [0.15, 0.2) is 6.29 Å². The zero-order valence-corrected chi connectivity index (χ0v) is 20.9. The monoisotopic (exact) mass is 494 g/mol. The Bertz CT molecular complexity index is 1160. The van der Waals surface area contributed by atoms with Gasteiger partial charge in [-0.1, -0.05) is 12.0 Å². The van der Waals surface area contributed by atoms with Gasteiger partial charge in [-0.3, -0.25) is 24.7 Å². The zero-order valence-electron chi connectivity index (χ0n) is 20.9. The Labute approximate surface area is 210 Å². The topological polar surface area (TPSA) is 117 Å². The molecule has 2 aromatic heterocycles. The van der Waals surface area contributed by atoms with Gasteiger partial charge in [0.2, 0.25) is 5.91 Å². The van der Waals surface area contributed by atoms with Crippen molar-refractivity contribution >= 4 is 29.9 Å². The number of urea groups is 1. The van der Waals surface area contributed by atoms with Crippen LogP contribution >= 0.6 is 0 Å². The molecule has 2 aromatic rings. The number of aldehydes is 1. The van der Waals surface area contributed by atoms with Gasteiger partial charge in [-0.2, -0.15) is 0 Å². The third-order valence-corrected chi connectivity index (χ3v) is 5.61. The van der Waals surface area contributed by atoms with Crippen LogP contribution in [0.15, 0.2) is 24.4 Å². The number of hydrogen-bond acceptors (Lipinski definition) is 8. The third-order valence-electron chi connectivity index (χ3n) is 5.61. The number of hydrogen-bond donors (Lipinski definition) is 1. The number of pyridine rings is 2. The van der Waals surface area contributed by atoms with Crippen molar-refractivity contribution in [3.63, 3.8) is 0 Å². The van der Waals surface area contributed by atoms with Crippen molar-refractivity contribution in [2.24, 2.45) is 0 Å². The molecule has 0 aromatic carbocycles. The van der Waals surface area contributed by atoms with Crippen LogP contribution in [0.1, 0.15) is 28.5 Å². The first kappa shape index (κ1) is 26.6. The molecule has 3 rings (SSSR count). The van der Waals surface area contributed by atoms with Gasteiger partial charge in [-0.15, -0.1) is 6.42 Å². The van der Waals surface area contributed by atoms with Gasteiger partial charge >= 0.3 is 6.03 Å². The van der Waals surface area contributed by atoms with Gasteiger partial charge in [-0.25, -0.2) is 14.8 Å². The predicted molar refractivity (Wildman–Crippen MR) is 134 cm³/mol. The Morgan fingerprint density at radius 1 is 1.39 bits per heavy atom. The Morgan fingerprint density at radius 3 is 2.83 bits per heavy atom. The standard InChI is InChI=1S/C25H30N6O5/c1-6-18-12-26-22(11-21(18)36-17(2)16-35-5)28-25(34)30(4)23-8-7-19(20(15-32)27-23)13-31-10-9-29(3)14-24(31)33/h1,7-8,11-12,15,17H,9-10,13-14,16H2,2-5H3,(H,26,28,34). The minimum absolute atomic E-state index is 0.00973. The Kier molecular flexibility index (Phi) is 8.94. The van der Waals surface area contributed by atoms with Gasteiger partial charge in [-0.05, 0) is 20.0 Å². The number of nitrogens with one attached hydrogen (secondary N) is 1. The fourth-order valence-electron chi connectivity index (χ4n) is 3.61. The van der Waals surface area contributed by atoms with Crippen LogP contribution in [0, 0.1) is 12.3 Å². The van der Waals surface area contributed by atoms with Crippen molar-refractivity contribution < 1.29 is 23.9 Å². The minimum atomic E-state index is -0.529. The molecule has 11 heteroatoms. The number of nitrogens with zero attached hydrogens (tertiary/aromatic N) is 5. The second kappa shape index (κ2) is 12.1. The van der Waals surface area contributed by atoms with Gasteiger partial charge in [0, 0.05) is 51.6 Å². The summed E-state index contributed by atoms with van der Waals surface area (Å²) in [5.41, 5.74) is 1.22. The van der Waals surface area contributed by atoms with Crippen LogP contribution in [0.3, 0.4) is 0 Å². The van der Waals surface area contributed by atoms with E-state index in [1.54, 1.807) is 24.1 Å². The van der Waals surface area contributed by atoms with E-state index in [1.807, 2.05) is 18.9 Å². The third kappa shape index (κ3) is 6.56. The second-order valence-corrected chi connectivity index (χ2v) is 8.47. The molecule has 1 aliphatic heterocycles. The average molecular weight is 495 g/mol. The summed E-state index contributed by atoms with van der Waals surface area (Å²) in [5, 5.41) is 2.68. The van der Waals surface area contributed by atoms with E-state index in [-0.39, 0.29) is 35.9 Å². The summed E-state index contributed by atoms with van der Waals surface area (Å²) < 4.78 is 10.9. The number of piperazine rings is 1. The van der Waals surface area contributed by atoms with E-state index in [0.717, 1.165) is 6.54 Å². The lowest BCUT2D eigenvalue weighted by Gasteiger charge is -2.32. The number of methoxy groups -OCH3 is 1. The molecule has 190 valence electrons. The molecule has 1 fully saturated rings. The predicted octanol–water partition coefficient (Wildman–Crippen LogP) is 1.63. The maximum absolute atomic E-state index is 12.9. The molecule has 3 amide bonds. The van der Waals surface area contributed by atoms with Gasteiger partial charge in [0.1, 0.15) is 29.2 Å². The van der Waals surface area contributed by atoms with Crippen molar-refractivity contribution in [1.29, 1.82) is 0 Å². The highest BCUT2D eigenvalue weighted by molar-refractivity contribution is 6.00. The van der Waals surface area contributed by atoms with E-state index < -0.39 is 6.03 Å². The first-order valence-electron chi connectivity index (χ1n) is 11.3. The molecular weight excluding hydrogens is 464 g/mol. The lowest BCUT2D eigenvalue weighted by Crippen LogP contribution is -2.48. The highest BCUT2D eigenvalue weighted by Crippen LogP contribution is 2.23. The molecule has 0 spiro atoms. The smallest absolute Gasteiger partial charge is 0.328 e. The lowest BCUT2D eigenvalue weighted by molar-refractivity contribution is -0.136. The van der Waals surface area contributed by atoms with Crippen molar-refractivity contribution in [1.82, 2.24) is 19.8 Å². The minimum Gasteiger partial charge on any atom is -0.487 e. The SMILES string of the molecule is C#Cc1cnc(NC(=O)N(C)c2ccc(CN3CCN(C)CC3=O)c(C=O)n2)cc1OC(C)COC. The van der Waals surface area contributed by atoms with Crippen LogP contribution < -0.4 is 15.0 Å². The molecule has 36 heavy (non-hydrogen) atoms. The second-order valence-electron chi connectivity index (χ2n) is 8.47. The van der Waals surface area contributed by atoms with Crippen molar-refractivity contribution in [3.05, 3.63) is 41.2 Å². The van der Waals surface area contributed by atoms with Crippen LogP contribution in [0.2, 0.25) is 0 Å². The summed E-state index contributed by atoms with van der Waals surface area (Å²) in [5.74, 6) is 3.37. The van der Waals surface area contributed by atoms with Crippen LogP contribution in [0.5, 0.6) is 5.75 Å². The Hall–Kier alpha value is -4.01. The summed E-state index contributed by atoms with van der Waals surface area (Å²) in [6.45, 7) is 4.12. The molecular formula is C25H30N6O5. The quantitative estimate of drug-likeness (QED) is 0.413. The fourth-order valence-corrected chi connectivity index (χ4v) is 3.61. The summed E-state index contributed by atoms with van der Waals surface area (Å²) in [7, 11) is 4.97. The van der Waals surface area contributed by atoms with Gasteiger partial charge < -0.3 is 14.4 Å². The maximum Gasteiger partial charge on any atom is 0.328 e. The van der Waals surface area contributed by atoms with E-state index in [0.29, 0.717) is 42.9 Å². The fraction of sp³-hybridized carbons (Fsp3) is 0.400. The first-order chi connectivity index (χ1) is 17.2. The number of amides is 3. The summed E-state index contributed by atoms with van der Waals surface area (Å²) >= 11 is 0. The molecule has 11 nitrogen and oxygen atoms in total. The number of anilines is 2. The molecule has 0 aliphatic carbocycles. The Balaban J connectivity index is 1.72. The molecule has 1 N–H and O–H groups in total. The summed E-state index contributed by atoms with van der Waals surface area (Å²) in [4.78, 5) is 50.3. The number of aromatic nitrogens is 2. The number of rotatable bonds is 9. The number of carbonyl (C=O) groups excluding carboxylic acids is 3. The van der Waals surface area contributed by atoms with E-state index in [1.165, 1.54) is 24.2 Å². The van der Waals surface area contributed by atoms with E-state index >= 15 is 0 Å². The average Bonchev–Trinajstić information content (AvgIpc) is 2.85. The molecule has 0 bridgehead atoms. The van der Waals surface area contributed by atoms with Crippen LogP contribution in [-0.4, -0.2) is 91.5 Å². The van der Waals surface area contributed by atoms with E-state index in [4.69, 9.17) is 15.9 Å². The summed E-state index contributed by atoms with van der Waals surface area (Å²) in [6, 6.07) is 4.33. The highest BCUT2D eigenvalue weighted by Gasteiger charge is 2.23. The van der Waals surface area contributed by atoms with Crippen molar-refractivity contribution in [3.8, 4) is 18.1 Å². The molecule has 1 atom stereocenters. The van der Waals surface area contributed by atoms with Gasteiger partial charge in [0.25, 0.3) is 0 Å². The van der Waals surface area contributed by atoms with Crippen LogP contribution in [0.25, 0.3) is 0 Å². The van der Waals surface area contributed by atoms with Crippen molar-refractivity contribution in [2.45, 2.75) is 19.6 Å². The normalized spacial score (nSPS) is 14.6. The van der Waals surface area contributed by atoms with Crippen LogP contribution in [0.4, 0.5) is 16.4 Å². The van der Waals surface area contributed by atoms with Gasteiger partial charge in [0.05, 0.1) is 18.7 Å². The molecule has 0 radical (unpaired) electrons. The maximum atomic E-state index is 12.9. The lowest BCUT2D eigenvalue weighted by atomic mass is 10.1. The van der Waals surface area contributed by atoms with Crippen molar-refractivity contribution in [2.75, 3.05) is 57.7 Å². The molecule has 1 saturated heterocycles. The summed E-state index contributed by atoms with van der Waals surface area (Å²) in [6.07, 6.45) is 7.32. The van der Waals surface area contributed by atoms with E-state index in [2.05, 4.69) is 21.2 Å².